The molecule has 2 heterocycles. The molecular formula is C12H13NOS. The molecule has 0 aliphatic heterocycles. The largest absolute Gasteiger partial charge is 0.383 e. The highest BCUT2D eigenvalue weighted by Crippen LogP contribution is 2.28. The predicted octanol–water partition coefficient (Wildman–Crippen LogP) is 2.84. The molecule has 0 bridgehead atoms. The van der Waals surface area contributed by atoms with Gasteiger partial charge in [-0.2, -0.15) is 0 Å². The van der Waals surface area contributed by atoms with E-state index in [1.165, 1.54) is 4.88 Å². The fourth-order valence-electron chi connectivity index (χ4n) is 1.54. The lowest BCUT2D eigenvalue weighted by Crippen LogP contribution is -2.00. The highest BCUT2D eigenvalue weighted by Gasteiger charge is 2.14. The van der Waals surface area contributed by atoms with Crippen LogP contribution in [-0.2, 0) is 0 Å². The van der Waals surface area contributed by atoms with Gasteiger partial charge >= 0.3 is 0 Å². The number of thiophene rings is 1. The number of nitrogens with zero attached hydrogens (tertiary/aromatic N) is 1. The molecule has 2 rings (SSSR count). The molecule has 3 heteroatoms. The summed E-state index contributed by atoms with van der Waals surface area (Å²) in [5, 5.41) is 10.2. The van der Waals surface area contributed by atoms with Crippen LogP contribution in [0.2, 0.25) is 0 Å². The third-order valence-corrected chi connectivity index (χ3v) is 3.43. The van der Waals surface area contributed by atoms with Crippen LogP contribution in [0, 0.1) is 13.8 Å². The second kappa shape index (κ2) is 4.13. The second-order valence-corrected chi connectivity index (χ2v) is 4.85. The first-order chi connectivity index (χ1) is 7.18. The van der Waals surface area contributed by atoms with Crippen molar-refractivity contribution in [2.24, 2.45) is 0 Å². The zero-order chi connectivity index (χ0) is 10.8. The molecule has 1 N–H and O–H groups in total. The summed E-state index contributed by atoms with van der Waals surface area (Å²) >= 11 is 1.62. The molecule has 0 amide bonds. The van der Waals surface area contributed by atoms with Gasteiger partial charge in [0.1, 0.15) is 6.10 Å². The van der Waals surface area contributed by atoms with Crippen molar-refractivity contribution in [2.75, 3.05) is 0 Å². The minimum Gasteiger partial charge on any atom is -0.383 e. The summed E-state index contributed by atoms with van der Waals surface area (Å²) in [6.07, 6.45) is 1.20. The van der Waals surface area contributed by atoms with Crippen molar-refractivity contribution in [3.63, 3.8) is 0 Å². The molecule has 15 heavy (non-hydrogen) atoms. The van der Waals surface area contributed by atoms with E-state index in [4.69, 9.17) is 0 Å². The van der Waals surface area contributed by atoms with Gasteiger partial charge in [0.15, 0.2) is 0 Å². The molecule has 0 aliphatic rings. The first kappa shape index (κ1) is 10.3. The Hall–Kier alpha value is -1.19. The van der Waals surface area contributed by atoms with E-state index in [0.29, 0.717) is 0 Å². The Morgan fingerprint density at radius 3 is 2.67 bits per heavy atom. The molecule has 1 atom stereocenters. The van der Waals surface area contributed by atoms with Crippen LogP contribution in [0.1, 0.15) is 27.1 Å². The van der Waals surface area contributed by atoms with E-state index in [-0.39, 0.29) is 0 Å². The first-order valence-electron chi connectivity index (χ1n) is 4.84. The normalized spacial score (nSPS) is 12.7. The van der Waals surface area contributed by atoms with E-state index in [0.717, 1.165) is 16.1 Å². The van der Waals surface area contributed by atoms with Crippen molar-refractivity contribution < 1.29 is 5.11 Å². The highest BCUT2D eigenvalue weighted by molar-refractivity contribution is 7.12. The Balaban J connectivity index is 2.36. The van der Waals surface area contributed by atoms with E-state index < -0.39 is 6.10 Å². The van der Waals surface area contributed by atoms with Crippen molar-refractivity contribution >= 4 is 11.3 Å². The Morgan fingerprint density at radius 1 is 1.27 bits per heavy atom. The number of aromatic nitrogens is 1. The second-order valence-electron chi connectivity index (χ2n) is 3.53. The molecule has 0 fully saturated rings. The summed E-state index contributed by atoms with van der Waals surface area (Å²) in [4.78, 5) is 6.37. The van der Waals surface area contributed by atoms with E-state index in [1.54, 1.807) is 17.5 Å². The van der Waals surface area contributed by atoms with Gasteiger partial charge in [-0.25, -0.2) is 0 Å². The molecule has 0 saturated heterocycles. The lowest BCUT2D eigenvalue weighted by atomic mass is 10.1. The van der Waals surface area contributed by atoms with E-state index in [9.17, 15) is 5.11 Å². The van der Waals surface area contributed by atoms with Crippen LogP contribution in [0.5, 0.6) is 0 Å². The molecule has 2 aromatic heterocycles. The zero-order valence-electron chi connectivity index (χ0n) is 8.77. The van der Waals surface area contributed by atoms with Crippen LogP contribution in [-0.4, -0.2) is 10.1 Å². The van der Waals surface area contributed by atoms with Crippen LogP contribution in [0.3, 0.4) is 0 Å². The Labute approximate surface area is 93.2 Å². The number of pyridine rings is 1. The van der Waals surface area contributed by atoms with Crippen molar-refractivity contribution in [3.8, 4) is 0 Å². The minimum atomic E-state index is -0.544. The summed E-state index contributed by atoms with van der Waals surface area (Å²) in [7, 11) is 0. The van der Waals surface area contributed by atoms with Crippen LogP contribution < -0.4 is 0 Å². The van der Waals surface area contributed by atoms with Crippen molar-refractivity contribution in [3.05, 3.63) is 51.5 Å². The molecule has 0 spiro atoms. The van der Waals surface area contributed by atoms with Crippen LogP contribution in [0.15, 0.2) is 30.5 Å². The van der Waals surface area contributed by atoms with Gasteiger partial charge in [-0.3, -0.25) is 4.98 Å². The van der Waals surface area contributed by atoms with Gasteiger partial charge in [0.25, 0.3) is 0 Å². The van der Waals surface area contributed by atoms with Gasteiger partial charge in [0, 0.05) is 27.2 Å². The number of aliphatic hydroxyl groups is 1. The summed E-state index contributed by atoms with van der Waals surface area (Å²) in [6.45, 7) is 3.95. The number of hydrogen-bond acceptors (Lipinski definition) is 3. The van der Waals surface area contributed by atoms with Crippen LogP contribution in [0.4, 0.5) is 0 Å². The molecule has 0 radical (unpaired) electrons. The fourth-order valence-corrected chi connectivity index (χ4v) is 2.42. The molecular weight excluding hydrogens is 206 g/mol. The third kappa shape index (κ3) is 2.08. The number of aryl methyl sites for hydroxylation is 2. The summed E-state index contributed by atoms with van der Waals surface area (Å²) in [5.74, 6) is 0. The highest BCUT2D eigenvalue weighted by atomic mass is 32.1. The zero-order valence-corrected chi connectivity index (χ0v) is 9.58. The summed E-state index contributed by atoms with van der Waals surface area (Å²) in [6, 6.07) is 7.76. The maximum atomic E-state index is 10.2. The maximum Gasteiger partial charge on any atom is 0.115 e. The van der Waals surface area contributed by atoms with Gasteiger partial charge in [-0.1, -0.05) is 6.07 Å². The lowest BCUT2D eigenvalue weighted by Gasteiger charge is -2.10. The van der Waals surface area contributed by atoms with Crippen LogP contribution in [0.25, 0.3) is 0 Å². The fraction of sp³-hybridized carbons (Fsp3) is 0.250. The number of hydrogen-bond donors (Lipinski definition) is 1. The molecule has 78 valence electrons. The van der Waals surface area contributed by atoms with Gasteiger partial charge in [0.2, 0.25) is 0 Å². The molecule has 0 aliphatic carbocycles. The average molecular weight is 219 g/mol. The van der Waals surface area contributed by atoms with E-state index in [2.05, 4.69) is 4.98 Å². The topological polar surface area (TPSA) is 33.1 Å². The van der Waals surface area contributed by atoms with Crippen molar-refractivity contribution in [1.82, 2.24) is 4.98 Å². The van der Waals surface area contributed by atoms with Gasteiger partial charge in [-0.05, 0) is 32.0 Å². The van der Waals surface area contributed by atoms with Gasteiger partial charge in [0.05, 0.1) is 0 Å². The van der Waals surface area contributed by atoms with E-state index in [1.807, 2.05) is 38.1 Å². The summed E-state index contributed by atoms with van der Waals surface area (Å²) < 4.78 is 0. The molecule has 0 aromatic carbocycles. The Morgan fingerprint density at radius 2 is 2.07 bits per heavy atom. The lowest BCUT2D eigenvalue weighted by molar-refractivity contribution is 0.223. The van der Waals surface area contributed by atoms with Crippen molar-refractivity contribution in [1.29, 1.82) is 0 Å². The standard InChI is InChI=1S/C12H13NOS/c1-8-5-6-11(15-8)12(14)10-4-3-7-13-9(10)2/h3-7,12,14H,1-2H3. The first-order valence-corrected chi connectivity index (χ1v) is 5.66. The molecule has 1 unspecified atom stereocenters. The van der Waals surface area contributed by atoms with Crippen molar-refractivity contribution in [2.45, 2.75) is 20.0 Å². The van der Waals surface area contributed by atoms with Crippen LogP contribution >= 0.6 is 11.3 Å². The average Bonchev–Trinajstić information content (AvgIpc) is 2.65. The minimum absolute atomic E-state index is 0.544. The maximum absolute atomic E-state index is 10.2. The predicted molar refractivity (Wildman–Crippen MR) is 62.1 cm³/mol. The Bertz CT molecular complexity index is 464. The summed E-state index contributed by atoms with van der Waals surface area (Å²) in [5.41, 5.74) is 1.77. The molecule has 0 saturated carbocycles. The molecule has 2 nitrogen and oxygen atoms in total. The molecule has 2 aromatic rings. The quantitative estimate of drug-likeness (QED) is 0.842. The Kier molecular flexibility index (Phi) is 2.84. The monoisotopic (exact) mass is 219 g/mol. The number of aliphatic hydroxyl groups excluding tert-OH is 1. The van der Waals surface area contributed by atoms with Gasteiger partial charge < -0.3 is 5.11 Å². The van der Waals surface area contributed by atoms with Gasteiger partial charge in [-0.15, -0.1) is 11.3 Å². The SMILES string of the molecule is Cc1ccc(C(O)c2cccnc2C)s1. The van der Waals surface area contributed by atoms with E-state index >= 15 is 0 Å². The smallest absolute Gasteiger partial charge is 0.115 e. The number of rotatable bonds is 2. The third-order valence-electron chi connectivity index (χ3n) is 2.37.